The summed E-state index contributed by atoms with van der Waals surface area (Å²) in [5, 5.41) is 14.0. The molecule has 7 heterocycles. The first kappa shape index (κ1) is 91.4. The van der Waals surface area contributed by atoms with Gasteiger partial charge in [-0.05, 0) is 184 Å². The maximum absolute atomic E-state index is 14.6. The summed E-state index contributed by atoms with van der Waals surface area (Å²) >= 11 is 41.6. The van der Waals surface area contributed by atoms with Crippen molar-refractivity contribution in [2.75, 3.05) is 46.2 Å². The summed E-state index contributed by atoms with van der Waals surface area (Å²) in [7, 11) is 0. The van der Waals surface area contributed by atoms with Crippen molar-refractivity contribution in [2.24, 2.45) is 21.7 Å². The number of anilines is 6. The number of aromatic nitrogens is 4. The van der Waals surface area contributed by atoms with Gasteiger partial charge in [0.2, 0.25) is 16.5 Å². The molecule has 0 atom stereocenters. The molecule has 0 spiro atoms. The lowest BCUT2D eigenvalue weighted by atomic mass is 9.95. The highest BCUT2D eigenvalue weighted by Gasteiger charge is 2.33. The van der Waals surface area contributed by atoms with Crippen LogP contribution in [0.1, 0.15) is 83.7 Å². The van der Waals surface area contributed by atoms with E-state index in [1.54, 1.807) is 0 Å². The predicted molar refractivity (Wildman–Crippen MR) is 437 cm³/mol. The summed E-state index contributed by atoms with van der Waals surface area (Å²) in [5.41, 5.74) is 20.9. The van der Waals surface area contributed by atoms with Crippen molar-refractivity contribution in [1.82, 2.24) is 25.3 Å². The molecule has 9 aromatic carbocycles. The molecule has 612 valence electrons. The van der Waals surface area contributed by atoms with Crippen LogP contribution in [0.2, 0.25) is 15.7 Å². The Labute approximate surface area is 710 Å². The van der Waals surface area contributed by atoms with Gasteiger partial charge in [0.25, 0.3) is 11.8 Å². The topological polar surface area (TPSA) is 316 Å². The number of benzene rings is 9. The number of amidine groups is 2. The van der Waals surface area contributed by atoms with Crippen LogP contribution < -0.4 is 43.5 Å². The van der Waals surface area contributed by atoms with Gasteiger partial charge in [-0.2, -0.15) is 10.1 Å². The zero-order valence-electron chi connectivity index (χ0n) is 59.2. The van der Waals surface area contributed by atoms with E-state index in [0.29, 0.717) is 66.0 Å². The van der Waals surface area contributed by atoms with Gasteiger partial charge in [-0.1, -0.05) is 77.6 Å². The minimum atomic E-state index is -3.22. The van der Waals surface area contributed by atoms with Gasteiger partial charge in [0.15, 0.2) is 5.84 Å². The number of carboxylic acids is 1. The Hall–Kier alpha value is -9.55. The summed E-state index contributed by atoms with van der Waals surface area (Å²) in [6.07, 6.45) is 6.12. The van der Waals surface area contributed by atoms with Gasteiger partial charge in [0.1, 0.15) is 92.2 Å². The number of rotatable bonds is 3. The zero-order valence-corrected chi connectivity index (χ0v) is 69.4. The number of carboxylic acid groups (broad SMARTS) is 1. The maximum atomic E-state index is 14.6. The predicted octanol–water partition coefficient (Wildman–Crippen LogP) is 20.7. The highest BCUT2D eigenvalue weighted by atomic mass is 79.9. The molecule has 0 aliphatic carbocycles. The molecule has 11 N–H and O–H groups in total. The fourth-order valence-electron chi connectivity index (χ4n) is 12.3. The van der Waals surface area contributed by atoms with E-state index >= 15 is 0 Å². The average Bonchev–Trinajstić information content (AvgIpc) is 0.761. The second-order valence-electron chi connectivity index (χ2n) is 24.8. The Morgan fingerprint density at radius 3 is 1.49 bits per heavy atom. The van der Waals surface area contributed by atoms with Crippen LogP contribution in [0.15, 0.2) is 151 Å². The van der Waals surface area contributed by atoms with Crippen LogP contribution in [-0.4, -0.2) is 80.0 Å². The number of carbonyl (C=O) groups excluding carboxylic acids is 3. The molecule has 0 radical (unpaired) electrons. The van der Waals surface area contributed by atoms with Crippen LogP contribution in [0.3, 0.4) is 0 Å². The number of nitrogens with zero attached hydrogens (tertiary/aromatic N) is 8. The molecule has 3 amide bonds. The van der Waals surface area contributed by atoms with E-state index in [2.05, 4.69) is 135 Å². The number of halogens is 21. The fraction of sp³-hybridized carbons (Fsp3) is 0.147. The first-order valence-corrected chi connectivity index (χ1v) is 41.4. The number of aliphatic imine (C=N–C) groups is 1. The lowest BCUT2D eigenvalue weighted by Gasteiger charge is -2.34. The van der Waals surface area contributed by atoms with E-state index in [0.717, 1.165) is 100 Å². The Balaban J connectivity index is 0.000000158. The van der Waals surface area contributed by atoms with Crippen LogP contribution in [0, 0.1) is 69.8 Å². The SMILES string of the molecule is Brc1cccc2c1CCCN2.Fc1cc(F)c2c(Cl)nc(Cl)nc2c1.Fc1cc(F)c2c(N3CCCc4c(Br)cccc43)nc(Cl)nc2c1.N/N=C1\Cc2cc(F)cc(F)c2C(N2CCCc3c(Br)cccc32)=N1.NC(=O)c1c(N)cc(F)cc1F.Nc1cc(F)cc(F)c1C(=O)O.O=C1Cc2cc(F)cc(F)c2C(=O)N1.O=P(Cl)(Cl)Cl. The number of nitrogen functional groups attached to an aromatic ring is 2. The highest BCUT2D eigenvalue weighted by molar-refractivity contribution is 9.11. The molecule has 2 aromatic heterocycles. The second-order valence-corrected chi connectivity index (χ2v) is 35.0. The molecule has 0 saturated carbocycles. The summed E-state index contributed by atoms with van der Waals surface area (Å²) in [6.45, 7) is 2.47. The Morgan fingerprint density at radius 2 is 0.966 bits per heavy atom. The Morgan fingerprint density at radius 1 is 0.530 bits per heavy atom. The number of amides is 3. The molecular formula is C75H54Br3Cl6F12N14O6P. The third-order valence-electron chi connectivity index (χ3n) is 16.9. The van der Waals surface area contributed by atoms with Crippen LogP contribution in [0.5, 0.6) is 0 Å². The molecule has 5 aliphatic heterocycles. The number of primary amides is 1. The van der Waals surface area contributed by atoms with Gasteiger partial charge in [-0.3, -0.25) is 24.3 Å². The van der Waals surface area contributed by atoms with Gasteiger partial charge < -0.3 is 43.3 Å². The third kappa shape index (κ3) is 23.7. The monoisotopic (exact) mass is 1950 g/mol. The minimum Gasteiger partial charge on any atom is -0.478 e. The summed E-state index contributed by atoms with van der Waals surface area (Å²) in [5.74, 6) is -7.14. The Bertz CT molecular complexity index is 5690. The van der Waals surface area contributed by atoms with Crippen LogP contribution in [-0.2, 0) is 41.5 Å². The molecule has 16 rings (SSSR count). The molecule has 0 saturated heterocycles. The van der Waals surface area contributed by atoms with E-state index in [9.17, 15) is 76.4 Å². The second kappa shape index (κ2) is 40.3. The van der Waals surface area contributed by atoms with Crippen molar-refractivity contribution >= 4 is 213 Å². The summed E-state index contributed by atoms with van der Waals surface area (Å²) in [6, 6.07) is 28.3. The van der Waals surface area contributed by atoms with Crippen LogP contribution >= 0.6 is 122 Å². The van der Waals surface area contributed by atoms with Gasteiger partial charge in [0.05, 0.1) is 56.3 Å². The number of aromatic carboxylic acids is 1. The van der Waals surface area contributed by atoms with Crippen molar-refractivity contribution in [2.45, 2.75) is 51.4 Å². The fourth-order valence-corrected chi connectivity index (χ4v) is 14.6. The van der Waals surface area contributed by atoms with E-state index in [1.807, 2.05) is 51.5 Å². The molecule has 20 nitrogen and oxygen atoms in total. The molecule has 0 fully saturated rings. The number of hydrogen-bond donors (Lipinski definition) is 7. The molecule has 0 unspecified atom stereocenters. The van der Waals surface area contributed by atoms with Crippen molar-refractivity contribution < 1.29 is 81.5 Å². The zero-order chi connectivity index (χ0) is 85.8. The molecule has 117 heavy (non-hydrogen) atoms. The largest absolute Gasteiger partial charge is 0.478 e. The van der Waals surface area contributed by atoms with Crippen LogP contribution in [0.25, 0.3) is 21.8 Å². The Kier molecular flexibility index (Phi) is 31.4. The molecule has 5 aliphatic rings. The molecular weight excluding hydrogens is 1900 g/mol. The number of hydrogen-bond acceptors (Lipinski definition) is 16. The third-order valence-corrected chi connectivity index (χ3v) is 19.8. The van der Waals surface area contributed by atoms with Gasteiger partial charge in [0, 0.05) is 105 Å². The normalized spacial score (nSPS) is 13.8. The van der Waals surface area contributed by atoms with Crippen molar-refractivity contribution in [1.29, 1.82) is 0 Å². The first-order valence-electron chi connectivity index (χ1n) is 33.5. The average molecular weight is 1960 g/mol. The molecule has 42 heteroatoms. The van der Waals surface area contributed by atoms with Gasteiger partial charge >= 0.3 is 11.2 Å². The number of nitrogens with two attached hydrogens (primary N) is 4. The lowest BCUT2D eigenvalue weighted by Crippen LogP contribution is -2.40. The number of nitrogens with one attached hydrogen (secondary N) is 2. The van der Waals surface area contributed by atoms with Gasteiger partial charge in [-0.15, -0.1) is 0 Å². The van der Waals surface area contributed by atoms with Crippen molar-refractivity contribution in [3.05, 3.63) is 276 Å². The number of hydrazone groups is 1. The number of imide groups is 1. The lowest BCUT2D eigenvalue weighted by molar-refractivity contribution is -0.119. The van der Waals surface area contributed by atoms with E-state index < -0.39 is 116 Å². The highest BCUT2D eigenvalue weighted by Crippen LogP contribution is 2.61. The molecule has 11 aromatic rings. The van der Waals surface area contributed by atoms with Crippen LogP contribution in [0.4, 0.5) is 86.9 Å². The van der Waals surface area contributed by atoms with E-state index in [4.69, 9.17) is 63.0 Å². The van der Waals surface area contributed by atoms with Gasteiger partial charge in [-0.25, -0.2) is 77.4 Å². The van der Waals surface area contributed by atoms with Crippen molar-refractivity contribution in [3.63, 3.8) is 0 Å². The molecule has 0 bridgehead atoms. The minimum absolute atomic E-state index is 0.0301. The van der Waals surface area contributed by atoms with E-state index in [-0.39, 0.29) is 67.2 Å². The summed E-state index contributed by atoms with van der Waals surface area (Å²) in [4.78, 5) is 66.6. The standard InChI is InChI=1S/C18H15BrF2N4.C17H11BrClF2N3.C9H10BrN.C9H5F2NO2.C8H2Cl2F2N2.C7H6F2N2O.C7H5F2NO2.Cl3OP/c19-13-4-1-5-15-12(13)3-2-6-25(15)18-17-10(8-16(23-18)24-22)7-11(20)9-14(17)21;18-11-4-1-5-14-10(11)3-2-6-24(14)16-15-12(21)7-9(20)8-13(15)22-17(19)23-16;10-8-4-1-5-9-7(8)3-2-6-11-9;10-5-1-4-2-7(13)12-9(14)8(4)6(11)3-5;9-7-6-4(12)1-3(11)2-5(6)13-8(10)14-7;2*8-3-1-4(9)6(7(11)12)5(10)2-3;1-5(2,3)4/h1,4-5,7,9H,2-3,6,8,22H2;1,4-5,7-8H,2-3,6H2;1,4-5,11H,2-3,6H2;1,3H,2H2,(H,12,13,14);1-2H;1-2H,10H2,(H2,11,12);1-2H,10H2,(H,11,12);/b24-16+;;;;;;;. The smallest absolute Gasteiger partial charge is 0.340 e. The number of carbonyl (C=O) groups is 4. The van der Waals surface area contributed by atoms with Crippen molar-refractivity contribution in [3.8, 4) is 0 Å². The summed E-state index contributed by atoms with van der Waals surface area (Å²) < 4.78 is 171. The number of fused-ring (bicyclic) bond motifs is 7. The quantitative estimate of drug-likeness (QED) is 0.0126. The first-order chi connectivity index (χ1) is 55.2. The maximum Gasteiger partial charge on any atom is 0.340 e. The van der Waals surface area contributed by atoms with E-state index in [1.165, 1.54) is 40.7 Å².